The first kappa shape index (κ1) is 17.3. The first-order valence-corrected chi connectivity index (χ1v) is 7.38. The number of benzene rings is 2. The van der Waals surface area contributed by atoms with Gasteiger partial charge in [-0.15, -0.1) is 0 Å². The van der Waals surface area contributed by atoms with Crippen LogP contribution in [0.5, 0.6) is 0 Å². The predicted octanol–water partition coefficient (Wildman–Crippen LogP) is -0.127. The summed E-state index contributed by atoms with van der Waals surface area (Å²) in [6.07, 6.45) is 1.46. The van der Waals surface area contributed by atoms with E-state index in [1.54, 1.807) is 6.07 Å². The summed E-state index contributed by atoms with van der Waals surface area (Å²) in [5, 5.41) is 1.78. The van der Waals surface area contributed by atoms with Gasteiger partial charge in [0.15, 0.2) is 0 Å². The van der Waals surface area contributed by atoms with Crippen molar-refractivity contribution in [1.29, 1.82) is 0 Å². The normalized spacial score (nSPS) is 11.3. The first-order chi connectivity index (χ1) is 8.45. The maximum atomic E-state index is 11.2. The molecule has 19 heavy (non-hydrogen) atoms. The average molecular weight is 302 g/mol. The molecule has 0 fully saturated rings. The fourth-order valence-electron chi connectivity index (χ4n) is 2.10. The van der Waals surface area contributed by atoms with Gasteiger partial charge in [-0.05, 0) is 46.9 Å². The quantitative estimate of drug-likeness (QED) is 0.586. The molecule has 96 valence electrons. The predicted molar refractivity (Wildman–Crippen MR) is 70.7 cm³/mol. The molecule has 0 bridgehead atoms. The molecule has 0 radical (unpaired) electrons. The summed E-state index contributed by atoms with van der Waals surface area (Å²) in [6, 6.07) is 9.14. The van der Waals surface area contributed by atoms with E-state index in [0.717, 1.165) is 17.2 Å². The Labute approximate surface area is 156 Å². The zero-order valence-electron chi connectivity index (χ0n) is 11.4. The molecule has 0 heterocycles. The molecular formula is C14H15KO3S. The van der Waals surface area contributed by atoms with Crippen molar-refractivity contribution in [3.8, 4) is 0 Å². The topological polar surface area (TPSA) is 57.2 Å². The van der Waals surface area contributed by atoms with Crippen molar-refractivity contribution >= 4 is 20.9 Å². The average Bonchev–Trinajstić information content (AvgIpc) is 2.35. The number of hydrogen-bond donors (Lipinski definition) is 0. The van der Waals surface area contributed by atoms with Gasteiger partial charge >= 0.3 is 51.4 Å². The SMILES string of the molecule is CCc1ccc2cc(S(=O)(=O)[O-])c(CC)cc2c1.[K+]. The summed E-state index contributed by atoms with van der Waals surface area (Å²) in [5.74, 6) is 0. The Kier molecular flexibility index (Phi) is 6.19. The number of hydrogen-bond acceptors (Lipinski definition) is 3. The van der Waals surface area contributed by atoms with Gasteiger partial charge in [0, 0.05) is 0 Å². The van der Waals surface area contributed by atoms with Crippen LogP contribution >= 0.6 is 0 Å². The molecule has 0 aliphatic heterocycles. The van der Waals surface area contributed by atoms with E-state index in [2.05, 4.69) is 6.92 Å². The molecule has 5 heteroatoms. The van der Waals surface area contributed by atoms with Crippen molar-refractivity contribution in [3.05, 3.63) is 41.5 Å². The van der Waals surface area contributed by atoms with E-state index in [9.17, 15) is 13.0 Å². The molecule has 0 spiro atoms. The Morgan fingerprint density at radius 3 is 2.21 bits per heavy atom. The maximum absolute atomic E-state index is 11.2. The van der Waals surface area contributed by atoms with E-state index in [1.807, 2.05) is 25.1 Å². The van der Waals surface area contributed by atoms with Gasteiger partial charge in [-0.1, -0.05) is 32.0 Å². The first-order valence-electron chi connectivity index (χ1n) is 5.97. The van der Waals surface area contributed by atoms with Crippen molar-refractivity contribution in [2.45, 2.75) is 31.6 Å². The summed E-state index contributed by atoms with van der Waals surface area (Å²) in [6.45, 7) is 3.91. The summed E-state index contributed by atoms with van der Waals surface area (Å²) in [5.41, 5.74) is 1.79. The third-order valence-corrected chi connectivity index (χ3v) is 4.06. The molecule has 2 aromatic carbocycles. The van der Waals surface area contributed by atoms with Gasteiger partial charge in [-0.3, -0.25) is 0 Å². The summed E-state index contributed by atoms with van der Waals surface area (Å²) < 4.78 is 33.7. The van der Waals surface area contributed by atoms with Gasteiger partial charge in [0.05, 0.1) is 4.90 Å². The third kappa shape index (κ3) is 3.88. The van der Waals surface area contributed by atoms with Crippen LogP contribution in [0.4, 0.5) is 0 Å². The van der Waals surface area contributed by atoms with Crippen LogP contribution in [0, 0.1) is 0 Å². The molecule has 2 rings (SSSR count). The fourth-order valence-corrected chi connectivity index (χ4v) is 2.90. The van der Waals surface area contributed by atoms with Crippen LogP contribution in [-0.2, 0) is 23.0 Å². The standard InChI is InChI=1S/C14H16O3S.K/c1-3-10-5-6-12-9-14(18(15,16)17)11(4-2)8-13(12)7-10;/h5-9H,3-4H2,1-2H3,(H,15,16,17);/q;+1/p-1. The molecule has 0 unspecified atom stereocenters. The molecule has 0 aliphatic carbocycles. The van der Waals surface area contributed by atoms with Gasteiger partial charge in [0.25, 0.3) is 0 Å². The summed E-state index contributed by atoms with van der Waals surface area (Å²) in [7, 11) is -4.40. The molecule has 0 aromatic heterocycles. The zero-order valence-corrected chi connectivity index (χ0v) is 15.4. The molecule has 0 amide bonds. The second-order valence-corrected chi connectivity index (χ2v) is 5.65. The Hall–Kier alpha value is 0.246. The van der Waals surface area contributed by atoms with Crippen LogP contribution in [0.1, 0.15) is 25.0 Å². The van der Waals surface area contributed by atoms with E-state index in [-0.39, 0.29) is 56.3 Å². The van der Waals surface area contributed by atoms with Crippen LogP contribution in [0.25, 0.3) is 10.8 Å². The summed E-state index contributed by atoms with van der Waals surface area (Å²) >= 11 is 0. The largest absolute Gasteiger partial charge is 1.00 e. The van der Waals surface area contributed by atoms with E-state index >= 15 is 0 Å². The molecule has 2 aromatic rings. The smallest absolute Gasteiger partial charge is 0.744 e. The zero-order chi connectivity index (χ0) is 13.3. The molecule has 0 aliphatic rings. The van der Waals surface area contributed by atoms with Gasteiger partial charge < -0.3 is 4.55 Å². The van der Waals surface area contributed by atoms with Gasteiger partial charge in [0.2, 0.25) is 0 Å². The molecule has 0 N–H and O–H groups in total. The number of rotatable bonds is 3. The van der Waals surface area contributed by atoms with Crippen LogP contribution in [-0.4, -0.2) is 13.0 Å². The van der Waals surface area contributed by atoms with E-state index in [4.69, 9.17) is 0 Å². The monoisotopic (exact) mass is 302 g/mol. The van der Waals surface area contributed by atoms with E-state index in [1.165, 1.54) is 11.6 Å². The Morgan fingerprint density at radius 1 is 1.00 bits per heavy atom. The minimum atomic E-state index is -4.40. The van der Waals surface area contributed by atoms with Crippen LogP contribution in [0.2, 0.25) is 0 Å². The molecule has 0 saturated heterocycles. The maximum Gasteiger partial charge on any atom is 1.00 e. The Morgan fingerprint density at radius 2 is 1.68 bits per heavy atom. The molecular weight excluding hydrogens is 287 g/mol. The minimum absolute atomic E-state index is 0. The van der Waals surface area contributed by atoms with Crippen LogP contribution < -0.4 is 51.4 Å². The molecule has 0 saturated carbocycles. The second kappa shape index (κ2) is 6.80. The van der Waals surface area contributed by atoms with Gasteiger partial charge in [0.1, 0.15) is 10.1 Å². The van der Waals surface area contributed by atoms with Gasteiger partial charge in [-0.25, -0.2) is 8.42 Å². The Bertz CT molecular complexity index is 693. The van der Waals surface area contributed by atoms with E-state index < -0.39 is 10.1 Å². The van der Waals surface area contributed by atoms with Crippen LogP contribution in [0.3, 0.4) is 0 Å². The van der Waals surface area contributed by atoms with Crippen molar-refractivity contribution in [2.75, 3.05) is 0 Å². The Balaban J connectivity index is 0.00000180. The second-order valence-electron chi connectivity index (χ2n) is 4.30. The molecule has 3 nitrogen and oxygen atoms in total. The van der Waals surface area contributed by atoms with Crippen LogP contribution in [0.15, 0.2) is 35.2 Å². The summed E-state index contributed by atoms with van der Waals surface area (Å²) in [4.78, 5) is -0.0956. The van der Waals surface area contributed by atoms with Crippen molar-refractivity contribution in [1.82, 2.24) is 0 Å². The minimum Gasteiger partial charge on any atom is -0.744 e. The number of aryl methyl sites for hydroxylation is 2. The fraction of sp³-hybridized carbons (Fsp3) is 0.286. The van der Waals surface area contributed by atoms with E-state index in [0.29, 0.717) is 12.0 Å². The van der Waals surface area contributed by atoms with Crippen molar-refractivity contribution in [2.24, 2.45) is 0 Å². The third-order valence-electron chi connectivity index (χ3n) is 3.14. The number of fused-ring (bicyclic) bond motifs is 1. The molecule has 0 atom stereocenters. The van der Waals surface area contributed by atoms with Crippen molar-refractivity contribution in [3.63, 3.8) is 0 Å². The van der Waals surface area contributed by atoms with Gasteiger partial charge in [-0.2, -0.15) is 0 Å². The van der Waals surface area contributed by atoms with Crippen molar-refractivity contribution < 1.29 is 64.4 Å².